The van der Waals surface area contributed by atoms with E-state index in [1.165, 1.54) is 0 Å². The Bertz CT molecular complexity index is 1280. The third-order valence-corrected chi connectivity index (χ3v) is 15.2. The van der Waals surface area contributed by atoms with Crippen molar-refractivity contribution in [3.8, 4) is 0 Å². The third kappa shape index (κ3) is 4.67. The molecule has 0 radical (unpaired) electrons. The third-order valence-electron chi connectivity index (χ3n) is 15.2. The lowest BCUT2D eigenvalue weighted by Crippen LogP contribution is -2.71. The van der Waals surface area contributed by atoms with E-state index >= 15 is 0 Å². The van der Waals surface area contributed by atoms with Crippen molar-refractivity contribution in [3.05, 3.63) is 11.6 Å². The topological polar surface area (TPSA) is 197 Å². The van der Waals surface area contributed by atoms with Crippen molar-refractivity contribution in [1.29, 1.82) is 0 Å². The van der Waals surface area contributed by atoms with E-state index in [1.807, 2.05) is 27.7 Å². The molecule has 0 aromatic rings. The van der Waals surface area contributed by atoms with Gasteiger partial charge in [0.25, 0.3) is 0 Å². The molecule has 2 unspecified atom stereocenters. The molecule has 6 rings (SSSR count). The second kappa shape index (κ2) is 11.2. The minimum absolute atomic E-state index is 0.0564. The monoisotopic (exact) mass is 666 g/mol. The molecule has 5 aliphatic carbocycles. The largest absolute Gasteiger partial charge is 0.432 e. The Balaban J connectivity index is 1.41. The maximum absolute atomic E-state index is 14.4. The molecule has 0 aromatic heterocycles. The minimum atomic E-state index is -1.73. The molecule has 0 amide bonds. The summed E-state index contributed by atoms with van der Waals surface area (Å²) < 4.78 is 11.4. The average molecular weight is 667 g/mol. The van der Waals surface area contributed by atoms with Gasteiger partial charge in [-0.3, -0.25) is 4.79 Å². The van der Waals surface area contributed by atoms with Crippen LogP contribution in [0.15, 0.2) is 11.6 Å². The molecule has 47 heavy (non-hydrogen) atoms. The van der Waals surface area contributed by atoms with E-state index in [0.29, 0.717) is 44.9 Å². The first-order chi connectivity index (χ1) is 21.6. The maximum Gasteiger partial charge on any atom is 0.315 e. The lowest BCUT2D eigenvalue weighted by Gasteiger charge is -2.72. The second-order valence-corrected chi connectivity index (χ2v) is 18.2. The van der Waals surface area contributed by atoms with Crippen LogP contribution in [-0.2, 0) is 14.3 Å². The number of hydrogen-bond acceptors (Lipinski definition) is 11. The van der Waals surface area contributed by atoms with E-state index in [0.717, 1.165) is 5.57 Å². The van der Waals surface area contributed by atoms with Gasteiger partial charge in [0.2, 0.25) is 6.29 Å². The summed E-state index contributed by atoms with van der Waals surface area (Å²) in [6, 6.07) is 0. The van der Waals surface area contributed by atoms with Crippen molar-refractivity contribution in [1.82, 2.24) is 0 Å². The number of rotatable bonds is 3. The summed E-state index contributed by atoms with van der Waals surface area (Å²) in [5.74, 6) is -1.46. The zero-order chi connectivity index (χ0) is 34.9. The normalized spacial score (nSPS) is 55.0. The molecular weight excluding hydrogens is 608 g/mol. The summed E-state index contributed by atoms with van der Waals surface area (Å²) in [5, 5.41) is 87.3. The lowest BCUT2D eigenvalue weighted by atomic mass is 9.32. The van der Waals surface area contributed by atoms with E-state index in [2.05, 4.69) is 26.8 Å². The van der Waals surface area contributed by atoms with Gasteiger partial charge < -0.3 is 50.3 Å². The number of fused-ring (bicyclic) bond motifs is 7. The van der Waals surface area contributed by atoms with Gasteiger partial charge in [-0.25, -0.2) is 0 Å². The predicted molar refractivity (Wildman–Crippen MR) is 169 cm³/mol. The van der Waals surface area contributed by atoms with Crippen LogP contribution < -0.4 is 0 Å². The highest BCUT2D eigenvalue weighted by atomic mass is 16.7. The van der Waals surface area contributed by atoms with Crippen molar-refractivity contribution in [2.45, 2.75) is 149 Å². The van der Waals surface area contributed by atoms with Crippen molar-refractivity contribution >= 4 is 5.97 Å². The van der Waals surface area contributed by atoms with Gasteiger partial charge in [-0.1, -0.05) is 60.1 Å². The standard InChI is InChI=1S/C36H58O11/c1-31(2)10-12-36(30(45)47-29-25(42)24(41)23(40)20(16-37)46-29)13-11-34(6)17(22(36)28(31)44)8-9-21-33(5)14-19(39)27(43)32(3,4)26(33)18(38)15-35(21,34)7/h8,18-29,37-44H,9-16H2,1-7H3/t18-,19-,20-,21?,22-,23-,24+,25-,26?,27+,28+,29+,33-,34-,35-,36+/m1/s1. The van der Waals surface area contributed by atoms with Crippen molar-refractivity contribution in [2.24, 2.45) is 50.2 Å². The predicted octanol–water partition coefficient (Wildman–Crippen LogP) is 1.40. The first-order valence-electron chi connectivity index (χ1n) is 17.6. The van der Waals surface area contributed by atoms with Crippen molar-refractivity contribution in [3.63, 3.8) is 0 Å². The number of aliphatic hydroxyl groups is 8. The summed E-state index contributed by atoms with van der Waals surface area (Å²) in [4.78, 5) is 14.4. The maximum atomic E-state index is 14.4. The van der Waals surface area contributed by atoms with Gasteiger partial charge >= 0.3 is 5.97 Å². The summed E-state index contributed by atoms with van der Waals surface area (Å²) in [7, 11) is 0. The van der Waals surface area contributed by atoms with Crippen LogP contribution in [0.1, 0.15) is 93.4 Å². The van der Waals surface area contributed by atoms with Gasteiger partial charge in [0.05, 0.1) is 36.4 Å². The molecule has 1 heterocycles. The number of ether oxygens (including phenoxy) is 2. The molecule has 8 N–H and O–H groups in total. The number of hydrogen-bond donors (Lipinski definition) is 8. The van der Waals surface area contributed by atoms with E-state index in [4.69, 9.17) is 9.47 Å². The Labute approximate surface area is 278 Å². The first kappa shape index (κ1) is 35.7. The van der Waals surface area contributed by atoms with Crippen LogP contribution in [0, 0.1) is 50.2 Å². The highest BCUT2D eigenvalue weighted by Gasteiger charge is 2.73. The quantitative estimate of drug-likeness (QED) is 0.160. The Morgan fingerprint density at radius 3 is 2.11 bits per heavy atom. The highest BCUT2D eigenvalue weighted by Crippen LogP contribution is 2.75. The number of aliphatic hydroxyl groups excluding tert-OH is 8. The van der Waals surface area contributed by atoms with Gasteiger partial charge in [-0.2, -0.15) is 0 Å². The molecule has 0 aromatic carbocycles. The molecule has 1 saturated heterocycles. The first-order valence-corrected chi connectivity index (χ1v) is 17.6. The van der Waals surface area contributed by atoms with Gasteiger partial charge in [0.15, 0.2) is 0 Å². The zero-order valence-electron chi connectivity index (χ0n) is 29.0. The van der Waals surface area contributed by atoms with E-state index < -0.39 is 106 Å². The average Bonchev–Trinajstić information content (AvgIpc) is 2.98. The number of esters is 1. The highest BCUT2D eigenvalue weighted by molar-refractivity contribution is 5.79. The van der Waals surface area contributed by atoms with E-state index in [9.17, 15) is 45.6 Å². The Morgan fingerprint density at radius 1 is 0.830 bits per heavy atom. The Kier molecular flexibility index (Phi) is 8.48. The van der Waals surface area contributed by atoms with Crippen molar-refractivity contribution < 1.29 is 55.1 Å². The molecule has 11 nitrogen and oxygen atoms in total. The number of carbonyl (C=O) groups is 1. The summed E-state index contributed by atoms with van der Waals surface area (Å²) in [5.41, 5.74) is -2.90. The summed E-state index contributed by atoms with van der Waals surface area (Å²) >= 11 is 0. The van der Waals surface area contributed by atoms with Crippen LogP contribution in [0.25, 0.3) is 0 Å². The van der Waals surface area contributed by atoms with Crippen LogP contribution in [-0.4, -0.2) is 109 Å². The van der Waals surface area contributed by atoms with Gasteiger partial charge in [-0.05, 0) is 83.9 Å². The van der Waals surface area contributed by atoms with Crippen LogP contribution in [0.5, 0.6) is 0 Å². The van der Waals surface area contributed by atoms with Crippen LogP contribution >= 0.6 is 0 Å². The van der Waals surface area contributed by atoms with E-state index in [-0.39, 0.29) is 11.8 Å². The SMILES string of the molecule is CC1(C)CC[C@]2(C(=O)O[C@@H]3O[C@H](CO)[C@@H](O)[C@H](O)[C@H]3O)CC[C@]3(C)C(=CCC4[C@@]5(C)C[C@@H](O)[C@H](O)C(C)(C)C5[C@H](O)C[C@]43C)[C@@H]2[C@@H]1O. The lowest BCUT2D eigenvalue weighted by molar-refractivity contribution is -0.299. The second-order valence-electron chi connectivity index (χ2n) is 18.2. The minimum Gasteiger partial charge on any atom is -0.432 e. The molecule has 11 heteroatoms. The number of allylic oxidation sites excluding steroid dienone is 1. The molecule has 0 spiro atoms. The van der Waals surface area contributed by atoms with Crippen LogP contribution in [0.4, 0.5) is 0 Å². The fraction of sp³-hybridized carbons (Fsp3) is 0.917. The molecule has 0 bridgehead atoms. The Morgan fingerprint density at radius 2 is 1.47 bits per heavy atom. The molecule has 6 aliphatic rings. The van der Waals surface area contributed by atoms with Gasteiger partial charge in [0.1, 0.15) is 24.4 Å². The molecule has 4 saturated carbocycles. The molecule has 1 aliphatic heterocycles. The smallest absolute Gasteiger partial charge is 0.315 e. The molecule has 268 valence electrons. The molecule has 16 atom stereocenters. The van der Waals surface area contributed by atoms with Crippen LogP contribution in [0.2, 0.25) is 0 Å². The van der Waals surface area contributed by atoms with Gasteiger partial charge in [-0.15, -0.1) is 0 Å². The fourth-order valence-electron chi connectivity index (χ4n) is 12.3. The van der Waals surface area contributed by atoms with Gasteiger partial charge in [0, 0.05) is 5.92 Å². The molecule has 5 fully saturated rings. The summed E-state index contributed by atoms with van der Waals surface area (Å²) in [6.45, 7) is 13.8. The molecular formula is C36H58O11. The van der Waals surface area contributed by atoms with Crippen LogP contribution in [0.3, 0.4) is 0 Å². The summed E-state index contributed by atoms with van der Waals surface area (Å²) in [6.07, 6.45) is -5.78. The number of carbonyl (C=O) groups excluding carboxylic acids is 1. The Hall–Kier alpha value is -1.15. The van der Waals surface area contributed by atoms with E-state index in [1.54, 1.807) is 0 Å². The van der Waals surface area contributed by atoms with Crippen molar-refractivity contribution in [2.75, 3.05) is 6.61 Å². The fourth-order valence-corrected chi connectivity index (χ4v) is 12.3. The zero-order valence-corrected chi connectivity index (χ0v) is 29.0.